The third kappa shape index (κ3) is 3.42. The maximum Gasteiger partial charge on any atom is 0.270 e. The number of hydrogen-bond donors (Lipinski definition) is 1. The van der Waals surface area contributed by atoms with Crippen molar-refractivity contribution in [2.24, 2.45) is 0 Å². The maximum absolute atomic E-state index is 12.1. The van der Waals surface area contributed by atoms with E-state index in [1.165, 1.54) is 12.1 Å². The highest BCUT2D eigenvalue weighted by Gasteiger charge is 2.23. The Balaban J connectivity index is 1.99. The van der Waals surface area contributed by atoms with Crippen molar-refractivity contribution in [1.29, 1.82) is 0 Å². The Kier molecular flexibility index (Phi) is 4.55. The van der Waals surface area contributed by atoms with Crippen molar-refractivity contribution in [3.05, 3.63) is 79.8 Å². The summed E-state index contributed by atoms with van der Waals surface area (Å²) in [4.78, 5) is 22.5. The number of benzene rings is 2. The first-order valence-corrected chi connectivity index (χ1v) is 7.91. The van der Waals surface area contributed by atoms with Gasteiger partial charge in [-0.05, 0) is 17.7 Å². The summed E-state index contributed by atoms with van der Waals surface area (Å²) in [5, 5.41) is 14.6. The molecule has 7 heteroatoms. The van der Waals surface area contributed by atoms with Crippen LogP contribution in [-0.2, 0) is 4.79 Å². The molecule has 1 atom stereocenters. The standard InChI is InChI=1S/C17H12Cl2N2O3/c18-14-5-4-10(7-15(14)19)12-8-16(20-17(22)9-12)11-2-1-3-13(6-11)21(23)24/h1-8,12H,9H2,(H,20,22). The van der Waals surface area contributed by atoms with Gasteiger partial charge in [-0.1, -0.05) is 47.5 Å². The minimum absolute atomic E-state index is 0.0284. The number of amides is 1. The van der Waals surface area contributed by atoms with Crippen LogP contribution >= 0.6 is 23.2 Å². The van der Waals surface area contributed by atoms with Crippen LogP contribution in [0.15, 0.2) is 48.5 Å². The van der Waals surface area contributed by atoms with Gasteiger partial charge in [-0.15, -0.1) is 0 Å². The first kappa shape index (κ1) is 16.5. The molecule has 0 radical (unpaired) electrons. The van der Waals surface area contributed by atoms with Crippen LogP contribution in [0.2, 0.25) is 10.0 Å². The SMILES string of the molecule is O=C1CC(c2ccc(Cl)c(Cl)c2)C=C(c2cccc([N+](=O)[O-])c2)N1. The molecule has 1 aliphatic heterocycles. The molecule has 0 spiro atoms. The minimum atomic E-state index is -0.467. The molecule has 2 aromatic carbocycles. The van der Waals surface area contributed by atoms with Gasteiger partial charge in [0, 0.05) is 35.7 Å². The Morgan fingerprint density at radius 2 is 1.92 bits per heavy atom. The predicted octanol–water partition coefficient (Wildman–Crippen LogP) is 4.55. The van der Waals surface area contributed by atoms with Crippen LogP contribution in [0.5, 0.6) is 0 Å². The number of rotatable bonds is 3. The zero-order valence-electron chi connectivity index (χ0n) is 12.3. The molecule has 0 aromatic heterocycles. The molecule has 0 fully saturated rings. The van der Waals surface area contributed by atoms with Crippen molar-refractivity contribution in [1.82, 2.24) is 5.32 Å². The third-order valence-corrected chi connectivity index (χ3v) is 4.53. The molecule has 122 valence electrons. The van der Waals surface area contributed by atoms with Gasteiger partial charge >= 0.3 is 0 Å². The summed E-state index contributed by atoms with van der Waals surface area (Å²) >= 11 is 12.0. The second-order valence-corrected chi connectivity index (χ2v) is 6.23. The van der Waals surface area contributed by atoms with E-state index in [4.69, 9.17) is 23.2 Å². The van der Waals surface area contributed by atoms with E-state index in [1.54, 1.807) is 24.3 Å². The van der Waals surface area contributed by atoms with Crippen LogP contribution in [0.1, 0.15) is 23.5 Å². The average molecular weight is 363 g/mol. The summed E-state index contributed by atoms with van der Waals surface area (Å²) in [7, 11) is 0. The Morgan fingerprint density at radius 3 is 2.62 bits per heavy atom. The lowest BCUT2D eigenvalue weighted by Gasteiger charge is -2.22. The van der Waals surface area contributed by atoms with Gasteiger partial charge in [-0.3, -0.25) is 14.9 Å². The van der Waals surface area contributed by atoms with E-state index in [1.807, 2.05) is 12.1 Å². The number of halogens is 2. The van der Waals surface area contributed by atoms with Gasteiger partial charge in [-0.25, -0.2) is 0 Å². The predicted molar refractivity (Wildman–Crippen MR) is 93.0 cm³/mol. The number of carbonyl (C=O) groups is 1. The van der Waals surface area contributed by atoms with Crippen LogP contribution in [0.3, 0.4) is 0 Å². The lowest BCUT2D eigenvalue weighted by Crippen LogP contribution is -2.28. The van der Waals surface area contributed by atoms with E-state index >= 15 is 0 Å². The molecule has 0 saturated carbocycles. The van der Waals surface area contributed by atoms with Gasteiger partial charge in [0.15, 0.2) is 0 Å². The Labute approximate surface area is 148 Å². The molecule has 3 rings (SSSR count). The van der Waals surface area contributed by atoms with E-state index in [9.17, 15) is 14.9 Å². The molecule has 2 aromatic rings. The molecule has 1 N–H and O–H groups in total. The van der Waals surface area contributed by atoms with Crippen LogP contribution < -0.4 is 5.32 Å². The van der Waals surface area contributed by atoms with E-state index < -0.39 is 4.92 Å². The van der Waals surface area contributed by atoms with E-state index in [0.29, 0.717) is 21.3 Å². The number of nitro groups is 1. The molecule has 0 aliphatic carbocycles. The van der Waals surface area contributed by atoms with Crippen LogP contribution in [0.4, 0.5) is 5.69 Å². The summed E-state index contributed by atoms with van der Waals surface area (Å²) < 4.78 is 0. The molecule has 1 unspecified atom stereocenters. The summed E-state index contributed by atoms with van der Waals surface area (Å²) in [6.07, 6.45) is 2.15. The van der Waals surface area contributed by atoms with E-state index in [2.05, 4.69) is 5.32 Å². The smallest absolute Gasteiger partial charge is 0.270 e. The summed E-state index contributed by atoms with van der Waals surface area (Å²) in [6, 6.07) is 11.4. The molecule has 1 amide bonds. The number of nitro benzene ring substituents is 1. The van der Waals surface area contributed by atoms with Gasteiger partial charge < -0.3 is 5.32 Å². The highest BCUT2D eigenvalue weighted by molar-refractivity contribution is 6.42. The molecule has 0 bridgehead atoms. The fraction of sp³-hybridized carbons (Fsp3) is 0.118. The topological polar surface area (TPSA) is 72.2 Å². The average Bonchev–Trinajstić information content (AvgIpc) is 2.57. The van der Waals surface area contributed by atoms with Crippen molar-refractivity contribution >= 4 is 40.5 Å². The Bertz CT molecular complexity index is 865. The fourth-order valence-electron chi connectivity index (χ4n) is 2.62. The second-order valence-electron chi connectivity index (χ2n) is 5.42. The van der Waals surface area contributed by atoms with Crippen LogP contribution in [-0.4, -0.2) is 10.8 Å². The number of nitrogens with zero attached hydrogens (tertiary/aromatic N) is 1. The summed E-state index contributed by atoms with van der Waals surface area (Å²) in [6.45, 7) is 0. The zero-order chi connectivity index (χ0) is 17.3. The van der Waals surface area contributed by atoms with Gasteiger partial charge in [0.05, 0.1) is 15.0 Å². The van der Waals surface area contributed by atoms with Crippen molar-refractivity contribution < 1.29 is 9.72 Å². The van der Waals surface area contributed by atoms with Crippen molar-refractivity contribution in [2.75, 3.05) is 0 Å². The summed E-state index contributed by atoms with van der Waals surface area (Å²) in [5.74, 6) is -0.335. The normalized spacial score (nSPS) is 17.2. The highest BCUT2D eigenvalue weighted by atomic mass is 35.5. The highest BCUT2D eigenvalue weighted by Crippen LogP contribution is 2.33. The van der Waals surface area contributed by atoms with Crippen molar-refractivity contribution in [2.45, 2.75) is 12.3 Å². The van der Waals surface area contributed by atoms with Gasteiger partial charge in [0.1, 0.15) is 0 Å². The minimum Gasteiger partial charge on any atom is -0.326 e. The van der Waals surface area contributed by atoms with Gasteiger partial charge in [0.25, 0.3) is 5.69 Å². The number of hydrogen-bond acceptors (Lipinski definition) is 3. The van der Waals surface area contributed by atoms with E-state index in [-0.39, 0.29) is 23.9 Å². The monoisotopic (exact) mass is 362 g/mol. The first-order chi connectivity index (χ1) is 11.4. The molecular formula is C17H12Cl2N2O3. The number of carbonyl (C=O) groups excluding carboxylic acids is 1. The van der Waals surface area contributed by atoms with Crippen molar-refractivity contribution in [3.8, 4) is 0 Å². The van der Waals surface area contributed by atoms with E-state index in [0.717, 1.165) is 5.56 Å². The third-order valence-electron chi connectivity index (χ3n) is 3.79. The number of nitrogens with one attached hydrogen (secondary N) is 1. The Morgan fingerprint density at radius 1 is 1.12 bits per heavy atom. The van der Waals surface area contributed by atoms with Crippen LogP contribution in [0.25, 0.3) is 5.70 Å². The lowest BCUT2D eigenvalue weighted by molar-refractivity contribution is -0.384. The lowest BCUT2D eigenvalue weighted by atomic mass is 9.90. The molecule has 0 saturated heterocycles. The molecule has 1 heterocycles. The number of allylic oxidation sites excluding steroid dienone is 1. The van der Waals surface area contributed by atoms with Gasteiger partial charge in [0.2, 0.25) is 5.91 Å². The molecule has 5 nitrogen and oxygen atoms in total. The quantitative estimate of drug-likeness (QED) is 0.643. The molecular weight excluding hydrogens is 351 g/mol. The van der Waals surface area contributed by atoms with Crippen LogP contribution in [0, 0.1) is 10.1 Å². The Hall–Kier alpha value is -2.37. The number of non-ortho nitro benzene ring substituents is 1. The molecule has 24 heavy (non-hydrogen) atoms. The summed E-state index contributed by atoms with van der Waals surface area (Å²) in [5.41, 5.74) is 1.97. The fourth-order valence-corrected chi connectivity index (χ4v) is 2.92. The largest absolute Gasteiger partial charge is 0.326 e. The first-order valence-electron chi connectivity index (χ1n) is 7.15. The maximum atomic E-state index is 12.1. The second kappa shape index (κ2) is 6.63. The zero-order valence-corrected chi connectivity index (χ0v) is 13.8. The molecule has 1 aliphatic rings. The van der Waals surface area contributed by atoms with Gasteiger partial charge in [-0.2, -0.15) is 0 Å². The van der Waals surface area contributed by atoms with Crippen molar-refractivity contribution in [3.63, 3.8) is 0 Å².